The highest BCUT2D eigenvalue weighted by atomic mass is 16.1. The molecule has 0 saturated heterocycles. The van der Waals surface area contributed by atoms with Crippen molar-refractivity contribution in [2.75, 3.05) is 0 Å². The van der Waals surface area contributed by atoms with E-state index < -0.39 is 0 Å². The molecule has 1 heteroatoms. The zero-order valence-electron chi connectivity index (χ0n) is 7.31. The molecular formula is C9H18O. The van der Waals surface area contributed by atoms with Crippen LogP contribution in [0.25, 0.3) is 0 Å². The quantitative estimate of drug-likeness (QED) is 0.539. The van der Waals surface area contributed by atoms with E-state index in [0.29, 0.717) is 0 Å². The summed E-state index contributed by atoms with van der Waals surface area (Å²) in [6.45, 7) is 6.29. The third-order valence-corrected chi connectivity index (χ3v) is 1.93. The van der Waals surface area contributed by atoms with Gasteiger partial charge in [0.15, 0.2) is 0 Å². The minimum absolute atomic E-state index is 0.0382. The zero-order chi connectivity index (χ0) is 8.04. The second-order valence-corrected chi connectivity index (χ2v) is 3.27. The van der Waals surface area contributed by atoms with Gasteiger partial charge in [0, 0.05) is 5.41 Å². The van der Waals surface area contributed by atoms with Crippen molar-refractivity contribution in [3.8, 4) is 0 Å². The molecular weight excluding hydrogens is 124 g/mol. The average Bonchev–Trinajstić information content (AvgIpc) is 1.89. The Balaban J connectivity index is 3.81. The molecule has 0 aliphatic rings. The van der Waals surface area contributed by atoms with E-state index in [-0.39, 0.29) is 5.41 Å². The Hall–Kier alpha value is -0.330. The van der Waals surface area contributed by atoms with E-state index in [1.165, 1.54) is 0 Å². The minimum Gasteiger partial charge on any atom is -0.303 e. The van der Waals surface area contributed by atoms with Crippen LogP contribution in [0.4, 0.5) is 0 Å². The number of carbonyl (C=O) groups excluding carboxylic acids is 1. The minimum atomic E-state index is -0.0382. The molecule has 0 aromatic carbocycles. The standard InChI is InChI=1S/C9H18O/c1-4-6-9(3,8-10)7-5-2/h8H,4-7H2,1-3H3. The van der Waals surface area contributed by atoms with Gasteiger partial charge in [0.05, 0.1) is 0 Å². The van der Waals surface area contributed by atoms with Crippen LogP contribution < -0.4 is 0 Å². The summed E-state index contributed by atoms with van der Waals surface area (Å²) in [5, 5.41) is 0. The van der Waals surface area contributed by atoms with E-state index in [1.54, 1.807) is 0 Å². The largest absolute Gasteiger partial charge is 0.303 e. The summed E-state index contributed by atoms with van der Waals surface area (Å²) >= 11 is 0. The fraction of sp³-hybridized carbons (Fsp3) is 0.889. The summed E-state index contributed by atoms with van der Waals surface area (Å²) in [4.78, 5) is 10.6. The van der Waals surface area contributed by atoms with E-state index in [1.807, 2.05) is 6.92 Å². The van der Waals surface area contributed by atoms with Crippen molar-refractivity contribution in [2.45, 2.75) is 46.5 Å². The van der Waals surface area contributed by atoms with Crippen molar-refractivity contribution in [1.82, 2.24) is 0 Å². The van der Waals surface area contributed by atoms with Gasteiger partial charge >= 0.3 is 0 Å². The Morgan fingerprint density at radius 2 is 1.60 bits per heavy atom. The number of rotatable bonds is 5. The van der Waals surface area contributed by atoms with Crippen LogP contribution in [0.5, 0.6) is 0 Å². The van der Waals surface area contributed by atoms with E-state index in [9.17, 15) is 4.79 Å². The normalized spacial score (nSPS) is 11.5. The molecule has 0 aliphatic carbocycles. The fourth-order valence-corrected chi connectivity index (χ4v) is 1.39. The van der Waals surface area contributed by atoms with E-state index >= 15 is 0 Å². The molecule has 0 amide bonds. The highest BCUT2D eigenvalue weighted by Gasteiger charge is 2.20. The van der Waals surface area contributed by atoms with Gasteiger partial charge in [-0.25, -0.2) is 0 Å². The maximum atomic E-state index is 10.6. The fourth-order valence-electron chi connectivity index (χ4n) is 1.39. The van der Waals surface area contributed by atoms with Crippen LogP contribution in [0.15, 0.2) is 0 Å². The molecule has 0 N–H and O–H groups in total. The first-order chi connectivity index (χ1) is 4.68. The molecule has 0 radical (unpaired) electrons. The first-order valence-electron chi connectivity index (χ1n) is 4.15. The predicted octanol–water partition coefficient (Wildman–Crippen LogP) is 2.79. The Kier molecular flexibility index (Phi) is 4.33. The number of hydrogen-bond donors (Lipinski definition) is 0. The molecule has 60 valence electrons. The van der Waals surface area contributed by atoms with Crippen LogP contribution in [-0.4, -0.2) is 6.29 Å². The summed E-state index contributed by atoms with van der Waals surface area (Å²) in [6, 6.07) is 0. The lowest BCUT2D eigenvalue weighted by Crippen LogP contribution is -2.17. The van der Waals surface area contributed by atoms with Crippen LogP contribution in [0.2, 0.25) is 0 Å². The average molecular weight is 142 g/mol. The first kappa shape index (κ1) is 9.67. The van der Waals surface area contributed by atoms with Crippen LogP contribution in [0, 0.1) is 5.41 Å². The highest BCUT2D eigenvalue weighted by Crippen LogP contribution is 2.25. The van der Waals surface area contributed by atoms with Gasteiger partial charge in [0.2, 0.25) is 0 Å². The Bertz CT molecular complexity index is 90.9. The first-order valence-corrected chi connectivity index (χ1v) is 4.15. The van der Waals surface area contributed by atoms with Crippen LogP contribution >= 0.6 is 0 Å². The lowest BCUT2D eigenvalue weighted by Gasteiger charge is -2.20. The third-order valence-electron chi connectivity index (χ3n) is 1.93. The van der Waals surface area contributed by atoms with Crippen LogP contribution in [-0.2, 0) is 4.79 Å². The smallest absolute Gasteiger partial charge is 0.125 e. The summed E-state index contributed by atoms with van der Waals surface area (Å²) in [5.74, 6) is 0. The number of aldehydes is 1. The van der Waals surface area contributed by atoms with Gasteiger partial charge in [-0.05, 0) is 12.8 Å². The van der Waals surface area contributed by atoms with Gasteiger partial charge in [-0.1, -0.05) is 33.6 Å². The Morgan fingerprint density at radius 3 is 1.80 bits per heavy atom. The van der Waals surface area contributed by atoms with Gasteiger partial charge in [0.25, 0.3) is 0 Å². The predicted molar refractivity (Wildman–Crippen MR) is 44.0 cm³/mol. The summed E-state index contributed by atoms with van der Waals surface area (Å²) in [6.07, 6.45) is 5.39. The second-order valence-electron chi connectivity index (χ2n) is 3.27. The molecule has 1 nitrogen and oxygen atoms in total. The molecule has 0 bridgehead atoms. The van der Waals surface area contributed by atoms with Crippen molar-refractivity contribution in [3.63, 3.8) is 0 Å². The van der Waals surface area contributed by atoms with Crippen molar-refractivity contribution in [1.29, 1.82) is 0 Å². The Labute approximate surface area is 63.8 Å². The van der Waals surface area contributed by atoms with Crippen molar-refractivity contribution >= 4 is 6.29 Å². The third kappa shape index (κ3) is 3.00. The van der Waals surface area contributed by atoms with Gasteiger partial charge in [0.1, 0.15) is 6.29 Å². The lowest BCUT2D eigenvalue weighted by atomic mass is 9.83. The molecule has 0 aromatic rings. The van der Waals surface area contributed by atoms with Gasteiger partial charge in [-0.3, -0.25) is 0 Å². The summed E-state index contributed by atoms with van der Waals surface area (Å²) in [5.41, 5.74) is -0.0382. The molecule has 0 saturated carbocycles. The molecule has 0 heterocycles. The second kappa shape index (κ2) is 4.48. The van der Waals surface area contributed by atoms with Crippen LogP contribution in [0.3, 0.4) is 0 Å². The van der Waals surface area contributed by atoms with E-state index in [2.05, 4.69) is 13.8 Å². The molecule has 0 fully saturated rings. The zero-order valence-corrected chi connectivity index (χ0v) is 7.31. The molecule has 0 aliphatic heterocycles. The van der Waals surface area contributed by atoms with Gasteiger partial charge in [-0.2, -0.15) is 0 Å². The van der Waals surface area contributed by atoms with E-state index in [4.69, 9.17) is 0 Å². The van der Waals surface area contributed by atoms with Gasteiger partial charge < -0.3 is 4.79 Å². The SMILES string of the molecule is CCCC(C)(C=O)CCC. The molecule has 10 heavy (non-hydrogen) atoms. The topological polar surface area (TPSA) is 17.1 Å². The molecule has 0 atom stereocenters. The maximum Gasteiger partial charge on any atom is 0.125 e. The van der Waals surface area contributed by atoms with Gasteiger partial charge in [-0.15, -0.1) is 0 Å². The van der Waals surface area contributed by atoms with Crippen molar-refractivity contribution in [3.05, 3.63) is 0 Å². The molecule has 0 spiro atoms. The van der Waals surface area contributed by atoms with Crippen molar-refractivity contribution in [2.24, 2.45) is 5.41 Å². The maximum absolute atomic E-state index is 10.6. The van der Waals surface area contributed by atoms with E-state index in [0.717, 1.165) is 32.0 Å². The molecule has 0 unspecified atom stereocenters. The lowest BCUT2D eigenvalue weighted by molar-refractivity contribution is -0.116. The molecule has 0 aromatic heterocycles. The Morgan fingerprint density at radius 1 is 1.20 bits per heavy atom. The number of carbonyl (C=O) groups is 1. The monoisotopic (exact) mass is 142 g/mol. The van der Waals surface area contributed by atoms with Crippen LogP contribution in [0.1, 0.15) is 46.5 Å². The molecule has 0 rings (SSSR count). The highest BCUT2D eigenvalue weighted by molar-refractivity contribution is 5.58. The summed E-state index contributed by atoms with van der Waals surface area (Å²) < 4.78 is 0. The van der Waals surface area contributed by atoms with Crippen molar-refractivity contribution < 1.29 is 4.79 Å². The summed E-state index contributed by atoms with van der Waals surface area (Å²) in [7, 11) is 0. The number of hydrogen-bond acceptors (Lipinski definition) is 1.